The van der Waals surface area contributed by atoms with E-state index in [4.69, 9.17) is 20.8 Å². The molecule has 0 spiro atoms. The van der Waals surface area contributed by atoms with E-state index >= 15 is 0 Å². The molecular formula is C20H18ClN3O3. The Bertz CT molecular complexity index is 912. The molecule has 0 saturated carbocycles. The number of nitrogens with zero attached hydrogens (tertiary/aromatic N) is 1. The number of hydrogen-bond donors (Lipinski definition) is 2. The summed E-state index contributed by atoms with van der Waals surface area (Å²) < 4.78 is 10.8. The van der Waals surface area contributed by atoms with Crippen molar-refractivity contribution in [2.45, 2.75) is 25.1 Å². The van der Waals surface area contributed by atoms with Crippen LogP contribution in [0.25, 0.3) is 11.5 Å². The van der Waals surface area contributed by atoms with Gasteiger partial charge in [0.15, 0.2) is 0 Å². The minimum Gasteiger partial charge on any atom is -0.458 e. The fourth-order valence-electron chi connectivity index (χ4n) is 2.96. The summed E-state index contributed by atoms with van der Waals surface area (Å²) in [5.74, 6) is 0.174. The van der Waals surface area contributed by atoms with E-state index in [2.05, 4.69) is 15.8 Å². The summed E-state index contributed by atoms with van der Waals surface area (Å²) in [5, 5.41) is 0.683. The Morgan fingerprint density at radius 3 is 2.70 bits per heavy atom. The molecule has 1 fully saturated rings. The maximum absolute atomic E-state index is 12.3. The number of rotatable bonds is 5. The van der Waals surface area contributed by atoms with Crippen molar-refractivity contribution in [3.05, 3.63) is 77.1 Å². The Kier molecular flexibility index (Phi) is 5.20. The number of nitrogens with one attached hydrogen (secondary N) is 2. The second-order valence-electron chi connectivity index (χ2n) is 6.30. The summed E-state index contributed by atoms with van der Waals surface area (Å²) in [6.45, 7) is 0.0684. The predicted molar refractivity (Wildman–Crippen MR) is 101 cm³/mol. The van der Waals surface area contributed by atoms with Crippen LogP contribution in [0.2, 0.25) is 5.02 Å². The molecule has 2 heterocycles. The monoisotopic (exact) mass is 383 g/mol. The van der Waals surface area contributed by atoms with Gasteiger partial charge in [-0.1, -0.05) is 41.9 Å². The van der Waals surface area contributed by atoms with E-state index in [1.807, 2.05) is 54.6 Å². The van der Waals surface area contributed by atoms with Gasteiger partial charge in [0.1, 0.15) is 24.6 Å². The highest BCUT2D eigenvalue weighted by Gasteiger charge is 2.31. The zero-order valence-electron chi connectivity index (χ0n) is 14.4. The van der Waals surface area contributed by atoms with Gasteiger partial charge in [-0.2, -0.15) is 0 Å². The van der Waals surface area contributed by atoms with Crippen molar-refractivity contribution in [3.8, 4) is 11.5 Å². The van der Waals surface area contributed by atoms with Gasteiger partial charge in [-0.3, -0.25) is 4.79 Å². The third-order valence-corrected chi connectivity index (χ3v) is 4.65. The SMILES string of the molecule is O=C(OCc1coc(-c2ccccc2)n1)C1CC(c2ccc(Cl)cc2)NN1. The van der Waals surface area contributed by atoms with Gasteiger partial charge >= 0.3 is 5.97 Å². The van der Waals surface area contributed by atoms with Gasteiger partial charge in [0.05, 0.1) is 0 Å². The fraction of sp³-hybridized carbons (Fsp3) is 0.200. The van der Waals surface area contributed by atoms with Crippen molar-refractivity contribution in [1.29, 1.82) is 0 Å². The third kappa shape index (κ3) is 4.19. The molecule has 1 aromatic heterocycles. The minimum atomic E-state index is -0.425. The molecule has 2 unspecified atom stereocenters. The van der Waals surface area contributed by atoms with E-state index in [1.165, 1.54) is 6.26 Å². The minimum absolute atomic E-state index is 0.0246. The van der Waals surface area contributed by atoms with Crippen LogP contribution in [0.1, 0.15) is 23.7 Å². The Morgan fingerprint density at radius 1 is 1.15 bits per heavy atom. The summed E-state index contributed by atoms with van der Waals surface area (Å²) >= 11 is 5.91. The van der Waals surface area contributed by atoms with Crippen LogP contribution in [-0.2, 0) is 16.1 Å². The van der Waals surface area contributed by atoms with Crippen LogP contribution >= 0.6 is 11.6 Å². The predicted octanol–water partition coefficient (Wildman–Crippen LogP) is 3.65. The van der Waals surface area contributed by atoms with Crippen molar-refractivity contribution >= 4 is 17.6 Å². The number of carbonyl (C=O) groups excluding carboxylic acids is 1. The number of ether oxygens (including phenoxy) is 1. The Balaban J connectivity index is 1.31. The number of hydrogen-bond acceptors (Lipinski definition) is 6. The lowest BCUT2D eigenvalue weighted by molar-refractivity contribution is -0.147. The summed E-state index contributed by atoms with van der Waals surface area (Å²) in [4.78, 5) is 16.7. The first-order valence-corrected chi connectivity index (χ1v) is 9.00. The molecule has 0 amide bonds. The zero-order valence-corrected chi connectivity index (χ0v) is 15.1. The average Bonchev–Trinajstić information content (AvgIpc) is 3.37. The van der Waals surface area contributed by atoms with Crippen LogP contribution in [-0.4, -0.2) is 17.0 Å². The molecule has 6 nitrogen and oxygen atoms in total. The summed E-state index contributed by atoms with van der Waals surface area (Å²) in [6, 6.07) is 16.7. The summed E-state index contributed by atoms with van der Waals surface area (Å²) in [5.41, 5.74) is 8.61. The highest BCUT2D eigenvalue weighted by molar-refractivity contribution is 6.30. The van der Waals surface area contributed by atoms with Crippen molar-refractivity contribution in [2.24, 2.45) is 0 Å². The maximum Gasteiger partial charge on any atom is 0.324 e. The van der Waals surface area contributed by atoms with Crippen molar-refractivity contribution in [3.63, 3.8) is 0 Å². The molecule has 3 aromatic rings. The lowest BCUT2D eigenvalue weighted by Crippen LogP contribution is -2.37. The lowest BCUT2D eigenvalue weighted by atomic mass is 10.0. The topological polar surface area (TPSA) is 76.4 Å². The Labute approximate surface area is 161 Å². The molecule has 0 radical (unpaired) electrons. The van der Waals surface area contributed by atoms with Crippen molar-refractivity contribution in [1.82, 2.24) is 15.8 Å². The molecule has 1 saturated heterocycles. The molecule has 1 aliphatic rings. The number of oxazole rings is 1. The zero-order chi connectivity index (χ0) is 18.6. The van der Waals surface area contributed by atoms with Crippen molar-refractivity contribution in [2.75, 3.05) is 0 Å². The fourth-order valence-corrected chi connectivity index (χ4v) is 3.08. The van der Waals surface area contributed by atoms with Gasteiger partial charge < -0.3 is 9.15 Å². The number of benzene rings is 2. The Morgan fingerprint density at radius 2 is 1.93 bits per heavy atom. The molecule has 2 atom stereocenters. The quantitative estimate of drug-likeness (QED) is 0.655. The molecule has 2 aromatic carbocycles. The summed E-state index contributed by atoms with van der Waals surface area (Å²) in [6.07, 6.45) is 2.10. The smallest absolute Gasteiger partial charge is 0.324 e. The van der Waals surface area contributed by atoms with Crippen LogP contribution in [0.5, 0.6) is 0 Å². The maximum atomic E-state index is 12.3. The van der Waals surface area contributed by atoms with Gasteiger partial charge in [-0.25, -0.2) is 15.8 Å². The third-order valence-electron chi connectivity index (χ3n) is 4.39. The van der Waals surface area contributed by atoms with E-state index in [0.717, 1.165) is 11.1 Å². The number of hydrazine groups is 1. The standard InChI is InChI=1S/C20H18ClN3O3/c21-15-8-6-13(7-9-15)17-10-18(24-23-17)20(25)27-12-16-11-26-19(22-16)14-4-2-1-3-5-14/h1-9,11,17-18,23-24H,10,12H2. The molecule has 27 heavy (non-hydrogen) atoms. The van der Waals surface area contributed by atoms with E-state index in [9.17, 15) is 4.79 Å². The number of aromatic nitrogens is 1. The Hall–Kier alpha value is -2.67. The van der Waals surface area contributed by atoms with Crippen LogP contribution in [0.15, 0.2) is 65.3 Å². The van der Waals surface area contributed by atoms with E-state index in [0.29, 0.717) is 23.0 Å². The lowest BCUT2D eigenvalue weighted by Gasteiger charge is -2.09. The second-order valence-corrected chi connectivity index (χ2v) is 6.74. The molecule has 0 aliphatic carbocycles. The first kappa shape index (κ1) is 17.7. The molecule has 138 valence electrons. The molecule has 4 rings (SSSR count). The first-order chi connectivity index (χ1) is 13.2. The van der Waals surface area contributed by atoms with E-state index in [-0.39, 0.29) is 18.6 Å². The number of halogens is 1. The van der Waals surface area contributed by atoms with Crippen LogP contribution < -0.4 is 10.9 Å². The number of carbonyl (C=O) groups is 1. The van der Waals surface area contributed by atoms with Gasteiger partial charge in [-0.05, 0) is 36.2 Å². The molecule has 2 N–H and O–H groups in total. The van der Waals surface area contributed by atoms with Crippen LogP contribution in [0.3, 0.4) is 0 Å². The largest absolute Gasteiger partial charge is 0.458 e. The highest BCUT2D eigenvalue weighted by Crippen LogP contribution is 2.24. The molecule has 0 bridgehead atoms. The second kappa shape index (κ2) is 7.92. The normalized spacial score (nSPS) is 19.1. The summed E-state index contributed by atoms with van der Waals surface area (Å²) in [7, 11) is 0. The van der Waals surface area contributed by atoms with Gasteiger partial charge in [0.25, 0.3) is 0 Å². The van der Waals surface area contributed by atoms with Gasteiger partial charge in [0.2, 0.25) is 5.89 Å². The first-order valence-electron chi connectivity index (χ1n) is 8.62. The average molecular weight is 384 g/mol. The number of esters is 1. The van der Waals surface area contributed by atoms with Crippen LogP contribution in [0.4, 0.5) is 0 Å². The molecule has 1 aliphatic heterocycles. The highest BCUT2D eigenvalue weighted by atomic mass is 35.5. The van der Waals surface area contributed by atoms with Gasteiger partial charge in [-0.15, -0.1) is 0 Å². The van der Waals surface area contributed by atoms with E-state index < -0.39 is 6.04 Å². The van der Waals surface area contributed by atoms with E-state index in [1.54, 1.807) is 0 Å². The van der Waals surface area contributed by atoms with Crippen LogP contribution in [0, 0.1) is 0 Å². The van der Waals surface area contributed by atoms with Crippen molar-refractivity contribution < 1.29 is 13.9 Å². The molecular weight excluding hydrogens is 366 g/mol. The van der Waals surface area contributed by atoms with Gasteiger partial charge in [0, 0.05) is 16.6 Å². The molecule has 7 heteroatoms.